The van der Waals surface area contributed by atoms with Crippen LogP contribution < -0.4 is 0 Å². The van der Waals surface area contributed by atoms with Crippen molar-refractivity contribution in [1.82, 2.24) is 9.97 Å². The lowest BCUT2D eigenvalue weighted by molar-refractivity contribution is 0.168. The number of halogens is 2. The van der Waals surface area contributed by atoms with Crippen LogP contribution in [0.1, 0.15) is 23.1 Å². The van der Waals surface area contributed by atoms with Gasteiger partial charge in [-0.25, -0.2) is 14.4 Å². The van der Waals surface area contributed by atoms with Gasteiger partial charge in [0.15, 0.2) is 5.82 Å². The van der Waals surface area contributed by atoms with Gasteiger partial charge in [-0.2, -0.15) is 0 Å². The molecule has 94 valence electrons. The lowest BCUT2D eigenvalue weighted by Crippen LogP contribution is -2.07. The summed E-state index contributed by atoms with van der Waals surface area (Å²) in [7, 11) is 0. The molecule has 1 atom stereocenters. The molecule has 0 aliphatic heterocycles. The highest BCUT2D eigenvalue weighted by Crippen LogP contribution is 2.19. The Morgan fingerprint density at radius 1 is 1.33 bits per heavy atom. The second-order valence-electron chi connectivity index (χ2n) is 4.09. The maximum atomic E-state index is 13.2. The number of benzene rings is 1. The average molecular weight is 267 g/mol. The molecule has 0 saturated heterocycles. The predicted molar refractivity (Wildman–Crippen MR) is 66.8 cm³/mol. The van der Waals surface area contributed by atoms with Gasteiger partial charge in [0.1, 0.15) is 11.9 Å². The van der Waals surface area contributed by atoms with E-state index in [1.807, 2.05) is 6.92 Å². The monoisotopic (exact) mass is 266 g/mol. The SMILES string of the molecule is Cc1cnc(C(O)Cc2ccc(Cl)c(F)c2)nc1. The van der Waals surface area contributed by atoms with Crippen molar-refractivity contribution in [2.24, 2.45) is 0 Å². The van der Waals surface area contributed by atoms with Crippen LogP contribution in [0.2, 0.25) is 5.02 Å². The normalized spacial score (nSPS) is 12.4. The summed E-state index contributed by atoms with van der Waals surface area (Å²) >= 11 is 5.59. The number of hydrogen-bond donors (Lipinski definition) is 1. The Bertz CT molecular complexity index is 545. The predicted octanol–water partition coefficient (Wildman–Crippen LogP) is 2.85. The van der Waals surface area contributed by atoms with Crippen molar-refractivity contribution in [3.05, 3.63) is 58.4 Å². The van der Waals surface area contributed by atoms with Gasteiger partial charge in [0, 0.05) is 18.8 Å². The van der Waals surface area contributed by atoms with Gasteiger partial charge >= 0.3 is 0 Å². The van der Waals surface area contributed by atoms with Crippen molar-refractivity contribution in [2.75, 3.05) is 0 Å². The second-order valence-corrected chi connectivity index (χ2v) is 4.49. The van der Waals surface area contributed by atoms with Gasteiger partial charge in [0.2, 0.25) is 0 Å². The number of nitrogens with zero attached hydrogens (tertiary/aromatic N) is 2. The first-order chi connectivity index (χ1) is 8.56. The van der Waals surface area contributed by atoms with Crippen molar-refractivity contribution in [2.45, 2.75) is 19.4 Å². The molecule has 18 heavy (non-hydrogen) atoms. The summed E-state index contributed by atoms with van der Waals surface area (Å²) in [6.07, 6.45) is 2.66. The summed E-state index contributed by atoms with van der Waals surface area (Å²) in [5.74, 6) is -0.165. The summed E-state index contributed by atoms with van der Waals surface area (Å²) in [5, 5.41) is 10.0. The topological polar surface area (TPSA) is 46.0 Å². The fourth-order valence-corrected chi connectivity index (χ4v) is 1.67. The molecule has 0 saturated carbocycles. The van der Waals surface area contributed by atoms with E-state index in [9.17, 15) is 9.50 Å². The molecule has 0 aliphatic carbocycles. The van der Waals surface area contributed by atoms with Crippen LogP contribution in [0, 0.1) is 12.7 Å². The Labute approximate surface area is 109 Å². The summed E-state index contributed by atoms with van der Waals surface area (Å²) < 4.78 is 13.2. The van der Waals surface area contributed by atoms with Crippen LogP contribution in [0.5, 0.6) is 0 Å². The third-order valence-electron chi connectivity index (χ3n) is 2.51. The van der Waals surface area contributed by atoms with Crippen LogP contribution in [0.25, 0.3) is 0 Å². The standard InChI is InChI=1S/C13H12ClFN2O/c1-8-6-16-13(17-7-8)12(18)5-9-2-3-10(14)11(15)4-9/h2-4,6-7,12,18H,5H2,1H3. The molecule has 1 N–H and O–H groups in total. The summed E-state index contributed by atoms with van der Waals surface area (Å²) in [4.78, 5) is 8.07. The molecule has 1 aromatic heterocycles. The van der Waals surface area contributed by atoms with Crippen molar-refractivity contribution in [3.63, 3.8) is 0 Å². The Morgan fingerprint density at radius 2 is 2.00 bits per heavy atom. The van der Waals surface area contributed by atoms with E-state index in [-0.39, 0.29) is 11.4 Å². The zero-order valence-corrected chi connectivity index (χ0v) is 10.5. The van der Waals surface area contributed by atoms with E-state index in [2.05, 4.69) is 9.97 Å². The van der Waals surface area contributed by atoms with Crippen molar-refractivity contribution in [3.8, 4) is 0 Å². The zero-order valence-electron chi connectivity index (χ0n) is 9.77. The van der Waals surface area contributed by atoms with E-state index in [1.165, 1.54) is 12.1 Å². The van der Waals surface area contributed by atoms with Gasteiger partial charge in [-0.15, -0.1) is 0 Å². The molecule has 2 rings (SSSR count). The lowest BCUT2D eigenvalue weighted by atomic mass is 10.1. The highest BCUT2D eigenvalue weighted by Gasteiger charge is 2.12. The molecular formula is C13H12ClFN2O. The van der Waals surface area contributed by atoms with E-state index in [0.29, 0.717) is 11.4 Å². The minimum atomic E-state index is -0.855. The van der Waals surface area contributed by atoms with Crippen LogP contribution in [0.4, 0.5) is 4.39 Å². The molecule has 0 radical (unpaired) electrons. The van der Waals surface area contributed by atoms with Gasteiger partial charge in [0.25, 0.3) is 0 Å². The Morgan fingerprint density at radius 3 is 2.61 bits per heavy atom. The van der Waals surface area contributed by atoms with Crippen LogP contribution >= 0.6 is 11.6 Å². The molecule has 3 nitrogen and oxygen atoms in total. The first-order valence-corrected chi connectivity index (χ1v) is 5.84. The van der Waals surface area contributed by atoms with Gasteiger partial charge in [-0.1, -0.05) is 17.7 Å². The van der Waals surface area contributed by atoms with Gasteiger partial charge in [-0.3, -0.25) is 0 Å². The van der Waals surface area contributed by atoms with Crippen molar-refractivity contribution < 1.29 is 9.50 Å². The van der Waals surface area contributed by atoms with Gasteiger partial charge < -0.3 is 5.11 Å². The molecule has 5 heteroatoms. The summed E-state index contributed by atoms with van der Waals surface area (Å²) in [6, 6.07) is 4.44. The molecule has 1 aromatic carbocycles. The molecule has 2 aromatic rings. The van der Waals surface area contributed by atoms with Crippen LogP contribution in [0.15, 0.2) is 30.6 Å². The van der Waals surface area contributed by atoms with E-state index < -0.39 is 11.9 Å². The van der Waals surface area contributed by atoms with E-state index >= 15 is 0 Å². The number of hydrogen-bond acceptors (Lipinski definition) is 3. The first-order valence-electron chi connectivity index (χ1n) is 5.47. The number of aryl methyl sites for hydroxylation is 1. The molecular weight excluding hydrogens is 255 g/mol. The maximum Gasteiger partial charge on any atom is 0.157 e. The molecule has 0 spiro atoms. The number of rotatable bonds is 3. The van der Waals surface area contributed by atoms with E-state index in [1.54, 1.807) is 18.5 Å². The zero-order chi connectivity index (χ0) is 13.1. The minimum Gasteiger partial charge on any atom is -0.385 e. The van der Waals surface area contributed by atoms with Gasteiger partial charge in [-0.05, 0) is 30.2 Å². The van der Waals surface area contributed by atoms with Crippen molar-refractivity contribution >= 4 is 11.6 Å². The fourth-order valence-electron chi connectivity index (χ4n) is 1.56. The smallest absolute Gasteiger partial charge is 0.157 e. The molecule has 0 fully saturated rings. The number of aliphatic hydroxyl groups excluding tert-OH is 1. The Hall–Kier alpha value is -1.52. The third-order valence-corrected chi connectivity index (χ3v) is 2.82. The first kappa shape index (κ1) is 12.9. The quantitative estimate of drug-likeness (QED) is 0.929. The largest absolute Gasteiger partial charge is 0.385 e. The molecule has 0 bridgehead atoms. The number of aliphatic hydroxyl groups is 1. The highest BCUT2D eigenvalue weighted by atomic mass is 35.5. The molecule has 0 aliphatic rings. The van der Waals surface area contributed by atoms with E-state index in [0.717, 1.165) is 5.56 Å². The van der Waals surface area contributed by atoms with Crippen LogP contribution in [-0.4, -0.2) is 15.1 Å². The average Bonchev–Trinajstić information content (AvgIpc) is 2.34. The lowest BCUT2D eigenvalue weighted by Gasteiger charge is -2.09. The summed E-state index contributed by atoms with van der Waals surface area (Å²) in [6.45, 7) is 1.87. The highest BCUT2D eigenvalue weighted by molar-refractivity contribution is 6.30. The van der Waals surface area contributed by atoms with Crippen LogP contribution in [0.3, 0.4) is 0 Å². The fraction of sp³-hybridized carbons (Fsp3) is 0.231. The number of aromatic nitrogens is 2. The second kappa shape index (κ2) is 5.42. The molecule has 1 unspecified atom stereocenters. The Kier molecular flexibility index (Phi) is 3.89. The molecule has 0 amide bonds. The van der Waals surface area contributed by atoms with Crippen LogP contribution in [-0.2, 0) is 6.42 Å². The summed E-state index contributed by atoms with van der Waals surface area (Å²) in [5.41, 5.74) is 1.57. The minimum absolute atomic E-state index is 0.0693. The van der Waals surface area contributed by atoms with Gasteiger partial charge in [0.05, 0.1) is 5.02 Å². The molecule has 1 heterocycles. The maximum absolute atomic E-state index is 13.2. The Balaban J connectivity index is 2.13. The third kappa shape index (κ3) is 3.03. The van der Waals surface area contributed by atoms with Crippen molar-refractivity contribution in [1.29, 1.82) is 0 Å². The van der Waals surface area contributed by atoms with E-state index in [4.69, 9.17) is 11.6 Å².